The highest BCUT2D eigenvalue weighted by atomic mass is 19.1. The molecule has 0 spiro atoms. The zero-order valence-electron chi connectivity index (χ0n) is 14.1. The third-order valence-corrected chi connectivity index (χ3v) is 5.56. The molecule has 1 aliphatic heterocycles. The Bertz CT molecular complexity index is 546. The molecule has 3 atom stereocenters. The van der Waals surface area contributed by atoms with Gasteiger partial charge in [0.1, 0.15) is 5.82 Å². The van der Waals surface area contributed by atoms with Gasteiger partial charge in [-0.3, -0.25) is 4.79 Å². The minimum Gasteiger partial charge on any atom is -0.326 e. The van der Waals surface area contributed by atoms with Gasteiger partial charge in [0.15, 0.2) is 0 Å². The molecule has 1 aliphatic carbocycles. The fraction of sp³-hybridized carbons (Fsp3) is 0.632. The Labute approximate surface area is 138 Å². The monoisotopic (exact) mass is 318 g/mol. The first-order valence-corrected chi connectivity index (χ1v) is 8.82. The van der Waals surface area contributed by atoms with Crippen molar-refractivity contribution in [1.82, 2.24) is 4.90 Å². The van der Waals surface area contributed by atoms with Crippen molar-refractivity contribution in [3.05, 3.63) is 30.1 Å². The summed E-state index contributed by atoms with van der Waals surface area (Å²) in [6.45, 7) is 6.75. The fourth-order valence-electron chi connectivity index (χ4n) is 4.33. The summed E-state index contributed by atoms with van der Waals surface area (Å²) in [4.78, 5) is 15.0. The Morgan fingerprint density at radius 3 is 2.61 bits per heavy atom. The van der Waals surface area contributed by atoms with E-state index in [9.17, 15) is 9.18 Å². The highest BCUT2D eigenvalue weighted by Gasteiger charge is 2.40. The number of hydrogen-bond acceptors (Lipinski definition) is 2. The Balaban J connectivity index is 1.62. The van der Waals surface area contributed by atoms with E-state index in [0.717, 1.165) is 13.1 Å². The maximum atomic E-state index is 13.2. The number of piperidine rings is 1. The maximum Gasteiger partial charge on any atom is 0.224 e. The van der Waals surface area contributed by atoms with Crippen LogP contribution >= 0.6 is 0 Å². The summed E-state index contributed by atoms with van der Waals surface area (Å²) in [5.41, 5.74) is 0.555. The highest BCUT2D eigenvalue weighted by molar-refractivity contribution is 5.90. The van der Waals surface area contributed by atoms with Gasteiger partial charge in [0.2, 0.25) is 5.91 Å². The van der Waals surface area contributed by atoms with Gasteiger partial charge < -0.3 is 10.2 Å². The van der Waals surface area contributed by atoms with E-state index in [-0.39, 0.29) is 11.7 Å². The van der Waals surface area contributed by atoms with Crippen molar-refractivity contribution < 1.29 is 9.18 Å². The Kier molecular flexibility index (Phi) is 5.00. The largest absolute Gasteiger partial charge is 0.326 e. The number of carbonyl (C=O) groups is 1. The normalized spacial score (nSPS) is 27.9. The van der Waals surface area contributed by atoms with Crippen molar-refractivity contribution in [2.45, 2.75) is 45.6 Å². The first-order valence-electron chi connectivity index (χ1n) is 8.82. The van der Waals surface area contributed by atoms with E-state index in [4.69, 9.17) is 0 Å². The van der Waals surface area contributed by atoms with Crippen LogP contribution in [0.25, 0.3) is 0 Å². The molecule has 126 valence electrons. The van der Waals surface area contributed by atoms with E-state index in [1.54, 1.807) is 12.1 Å². The SMILES string of the molecule is CC(C)N1C[C@H]2CCC[C@@H](C1)C2CC(=O)Nc1cccc(F)c1. The minimum atomic E-state index is -0.315. The van der Waals surface area contributed by atoms with Crippen LogP contribution in [0.5, 0.6) is 0 Å². The van der Waals surface area contributed by atoms with Gasteiger partial charge in [-0.1, -0.05) is 12.5 Å². The number of carbonyl (C=O) groups excluding carboxylic acids is 1. The number of nitrogens with zero attached hydrogens (tertiary/aromatic N) is 1. The molecular formula is C19H27FN2O. The number of rotatable bonds is 4. The smallest absolute Gasteiger partial charge is 0.224 e. The van der Waals surface area contributed by atoms with Crippen LogP contribution in [0.4, 0.5) is 10.1 Å². The van der Waals surface area contributed by atoms with E-state index in [2.05, 4.69) is 24.1 Å². The Hall–Kier alpha value is -1.42. The van der Waals surface area contributed by atoms with Crippen molar-refractivity contribution in [3.63, 3.8) is 0 Å². The molecule has 1 saturated carbocycles. The summed E-state index contributed by atoms with van der Waals surface area (Å²) in [6.07, 6.45) is 4.33. The van der Waals surface area contributed by atoms with Crippen molar-refractivity contribution in [3.8, 4) is 0 Å². The topological polar surface area (TPSA) is 32.3 Å². The second-order valence-electron chi connectivity index (χ2n) is 7.43. The number of fused-ring (bicyclic) bond motifs is 2. The number of amides is 1. The molecule has 2 bridgehead atoms. The number of hydrogen-bond donors (Lipinski definition) is 1. The predicted octanol–water partition coefficient (Wildman–Crippen LogP) is 3.91. The van der Waals surface area contributed by atoms with Gasteiger partial charge in [-0.2, -0.15) is 0 Å². The third-order valence-electron chi connectivity index (χ3n) is 5.56. The molecule has 1 aromatic carbocycles. The van der Waals surface area contributed by atoms with Crippen LogP contribution < -0.4 is 5.32 Å². The first-order chi connectivity index (χ1) is 11.0. The van der Waals surface area contributed by atoms with Crippen LogP contribution in [-0.4, -0.2) is 29.9 Å². The van der Waals surface area contributed by atoms with Gasteiger partial charge in [-0.15, -0.1) is 0 Å². The van der Waals surface area contributed by atoms with Gasteiger partial charge in [0, 0.05) is 31.2 Å². The summed E-state index contributed by atoms with van der Waals surface area (Å²) in [7, 11) is 0. The van der Waals surface area contributed by atoms with Gasteiger partial charge in [-0.05, 0) is 62.6 Å². The summed E-state index contributed by atoms with van der Waals surface area (Å²) in [6, 6.07) is 6.71. The molecule has 1 amide bonds. The molecular weight excluding hydrogens is 291 g/mol. The highest BCUT2D eigenvalue weighted by Crippen LogP contribution is 2.42. The molecule has 2 aliphatic rings. The van der Waals surface area contributed by atoms with Crippen LogP contribution in [-0.2, 0) is 4.79 Å². The van der Waals surface area contributed by atoms with E-state index < -0.39 is 0 Å². The van der Waals surface area contributed by atoms with E-state index >= 15 is 0 Å². The van der Waals surface area contributed by atoms with Gasteiger partial charge in [-0.25, -0.2) is 4.39 Å². The number of nitrogens with one attached hydrogen (secondary N) is 1. The fourth-order valence-corrected chi connectivity index (χ4v) is 4.33. The van der Waals surface area contributed by atoms with Crippen LogP contribution in [0, 0.1) is 23.6 Å². The van der Waals surface area contributed by atoms with Crippen molar-refractivity contribution >= 4 is 11.6 Å². The summed E-state index contributed by atoms with van der Waals surface area (Å²) < 4.78 is 13.2. The molecule has 3 nitrogen and oxygen atoms in total. The van der Waals surface area contributed by atoms with Crippen LogP contribution in [0.2, 0.25) is 0 Å². The van der Waals surface area contributed by atoms with Crippen molar-refractivity contribution in [2.24, 2.45) is 17.8 Å². The molecule has 1 saturated heterocycles. The number of benzene rings is 1. The molecule has 4 heteroatoms. The zero-order valence-corrected chi connectivity index (χ0v) is 14.1. The average molecular weight is 318 g/mol. The van der Waals surface area contributed by atoms with E-state index in [1.807, 2.05) is 0 Å². The lowest BCUT2D eigenvalue weighted by atomic mass is 9.67. The van der Waals surface area contributed by atoms with Gasteiger partial charge in [0.25, 0.3) is 0 Å². The predicted molar refractivity (Wildman–Crippen MR) is 90.7 cm³/mol. The van der Waals surface area contributed by atoms with E-state index in [0.29, 0.717) is 35.9 Å². The lowest BCUT2D eigenvalue weighted by molar-refractivity contribution is -0.119. The third kappa shape index (κ3) is 3.92. The Morgan fingerprint density at radius 1 is 1.30 bits per heavy atom. The number of likely N-dealkylation sites (tertiary alicyclic amines) is 1. The standard InChI is InChI=1S/C19H27FN2O/c1-13(2)22-11-14-5-3-6-15(12-22)18(14)10-19(23)21-17-8-4-7-16(20)9-17/h4,7-9,13-15,18H,3,5-6,10-12H2,1-2H3,(H,21,23)/t14-,15+,18?. The maximum absolute atomic E-state index is 13.2. The first kappa shape index (κ1) is 16.4. The molecule has 2 fully saturated rings. The molecule has 1 aromatic rings. The van der Waals surface area contributed by atoms with E-state index in [1.165, 1.54) is 31.4 Å². The second-order valence-corrected chi connectivity index (χ2v) is 7.43. The van der Waals surface area contributed by atoms with Gasteiger partial charge >= 0.3 is 0 Å². The minimum absolute atomic E-state index is 0.0236. The molecule has 3 rings (SSSR count). The summed E-state index contributed by atoms with van der Waals surface area (Å²) in [5.74, 6) is 1.44. The molecule has 1 unspecified atom stereocenters. The summed E-state index contributed by atoms with van der Waals surface area (Å²) >= 11 is 0. The van der Waals surface area contributed by atoms with Crippen molar-refractivity contribution in [2.75, 3.05) is 18.4 Å². The number of halogens is 1. The van der Waals surface area contributed by atoms with Crippen LogP contribution in [0.3, 0.4) is 0 Å². The van der Waals surface area contributed by atoms with Gasteiger partial charge in [0.05, 0.1) is 0 Å². The molecule has 0 aromatic heterocycles. The van der Waals surface area contributed by atoms with Crippen LogP contribution in [0.1, 0.15) is 39.5 Å². The Morgan fingerprint density at radius 2 is 2.00 bits per heavy atom. The second kappa shape index (κ2) is 7.00. The molecule has 0 radical (unpaired) electrons. The average Bonchev–Trinajstić information content (AvgIpc) is 2.46. The van der Waals surface area contributed by atoms with Crippen LogP contribution in [0.15, 0.2) is 24.3 Å². The lowest BCUT2D eigenvalue weighted by Crippen LogP contribution is -2.51. The molecule has 1 heterocycles. The molecule has 23 heavy (non-hydrogen) atoms. The number of anilines is 1. The summed E-state index contributed by atoms with van der Waals surface area (Å²) in [5, 5.41) is 2.86. The quantitative estimate of drug-likeness (QED) is 0.913. The van der Waals surface area contributed by atoms with Crippen molar-refractivity contribution in [1.29, 1.82) is 0 Å². The lowest BCUT2D eigenvalue weighted by Gasteiger charge is -2.48. The molecule has 1 N–H and O–H groups in total. The zero-order chi connectivity index (χ0) is 16.4.